The summed E-state index contributed by atoms with van der Waals surface area (Å²) in [4.78, 5) is 14.5. The number of aliphatic imine (C=N–C) groups is 1. The highest BCUT2D eigenvalue weighted by atomic mass is 16.3. The average Bonchev–Trinajstić information content (AvgIpc) is 1.97. The molecule has 0 rings (SSSR count). The summed E-state index contributed by atoms with van der Waals surface area (Å²) in [6.45, 7) is 6.49. The summed E-state index contributed by atoms with van der Waals surface area (Å²) in [6.07, 6.45) is 1.25. The van der Waals surface area contributed by atoms with Gasteiger partial charge in [0.1, 0.15) is 5.72 Å². The first-order valence-electron chi connectivity index (χ1n) is 3.55. The fourth-order valence-electron chi connectivity index (χ4n) is 0.455. The van der Waals surface area contributed by atoms with Crippen molar-refractivity contribution in [3.05, 3.63) is 12.2 Å². The molecule has 0 saturated carbocycles. The zero-order valence-corrected chi connectivity index (χ0v) is 7.59. The number of amides is 1. The van der Waals surface area contributed by atoms with E-state index in [9.17, 15) is 4.79 Å². The Labute approximate surface area is 72.0 Å². The summed E-state index contributed by atoms with van der Waals surface area (Å²) < 4.78 is 0. The van der Waals surface area contributed by atoms with Crippen molar-refractivity contribution < 1.29 is 9.90 Å². The molecule has 0 aromatic carbocycles. The Morgan fingerprint density at radius 2 is 2.17 bits per heavy atom. The third-order valence-electron chi connectivity index (χ3n) is 1.06. The van der Waals surface area contributed by atoms with Crippen LogP contribution < -0.4 is 5.32 Å². The van der Waals surface area contributed by atoms with Gasteiger partial charge in [0, 0.05) is 13.3 Å². The van der Waals surface area contributed by atoms with E-state index < -0.39 is 5.72 Å². The van der Waals surface area contributed by atoms with Gasteiger partial charge in [-0.05, 0) is 13.8 Å². The summed E-state index contributed by atoms with van der Waals surface area (Å²) in [6, 6.07) is 0. The topological polar surface area (TPSA) is 61.7 Å². The van der Waals surface area contributed by atoms with Crippen molar-refractivity contribution in [3.63, 3.8) is 0 Å². The van der Waals surface area contributed by atoms with E-state index in [2.05, 4.69) is 16.9 Å². The molecule has 0 bridgehead atoms. The molecular formula is C8H14N2O2. The van der Waals surface area contributed by atoms with Crippen molar-refractivity contribution in [3.8, 4) is 0 Å². The monoisotopic (exact) mass is 170 g/mol. The van der Waals surface area contributed by atoms with Crippen LogP contribution in [0.4, 0.5) is 0 Å². The number of nitrogens with one attached hydrogen (secondary N) is 1. The van der Waals surface area contributed by atoms with E-state index in [-0.39, 0.29) is 11.5 Å². The lowest BCUT2D eigenvalue weighted by Gasteiger charge is -2.09. The largest absolute Gasteiger partial charge is 0.370 e. The molecule has 0 spiro atoms. The van der Waals surface area contributed by atoms with E-state index in [0.29, 0.717) is 0 Å². The van der Waals surface area contributed by atoms with Crippen LogP contribution in [-0.4, -0.2) is 30.0 Å². The zero-order valence-electron chi connectivity index (χ0n) is 7.59. The lowest BCUT2D eigenvalue weighted by Crippen LogP contribution is -2.21. The molecule has 4 heteroatoms. The first kappa shape index (κ1) is 10.8. The Kier molecular flexibility index (Phi) is 3.63. The van der Waals surface area contributed by atoms with E-state index >= 15 is 0 Å². The highest BCUT2D eigenvalue weighted by Gasteiger charge is 2.08. The summed E-state index contributed by atoms with van der Waals surface area (Å²) >= 11 is 0. The lowest BCUT2D eigenvalue weighted by atomic mass is 10.3. The van der Waals surface area contributed by atoms with Crippen molar-refractivity contribution >= 4 is 12.1 Å². The van der Waals surface area contributed by atoms with Crippen molar-refractivity contribution in [1.82, 2.24) is 5.32 Å². The van der Waals surface area contributed by atoms with Crippen LogP contribution in [-0.2, 0) is 4.79 Å². The Morgan fingerprint density at radius 3 is 2.50 bits per heavy atom. The molecule has 0 radical (unpaired) electrons. The number of rotatable bonds is 3. The van der Waals surface area contributed by atoms with Gasteiger partial charge in [0.15, 0.2) is 0 Å². The molecule has 12 heavy (non-hydrogen) atoms. The quantitative estimate of drug-likeness (QED) is 0.465. The van der Waals surface area contributed by atoms with Crippen molar-refractivity contribution in [2.75, 3.05) is 7.05 Å². The number of hydrogen-bond donors (Lipinski definition) is 2. The molecule has 0 fully saturated rings. The van der Waals surface area contributed by atoms with Gasteiger partial charge < -0.3 is 10.4 Å². The predicted molar refractivity (Wildman–Crippen MR) is 48.0 cm³/mol. The number of likely N-dealkylation sites (N-methyl/N-ethyl adjacent to an activating group) is 1. The van der Waals surface area contributed by atoms with Gasteiger partial charge in [0.2, 0.25) is 0 Å². The molecule has 2 N–H and O–H groups in total. The second kappa shape index (κ2) is 4.01. The molecule has 0 aromatic heterocycles. The van der Waals surface area contributed by atoms with E-state index in [1.165, 1.54) is 27.1 Å². The molecule has 0 aliphatic heterocycles. The third kappa shape index (κ3) is 4.62. The second-order valence-electron chi connectivity index (χ2n) is 2.86. The Balaban J connectivity index is 4.19. The van der Waals surface area contributed by atoms with Gasteiger partial charge in [-0.1, -0.05) is 6.58 Å². The molecule has 0 unspecified atom stereocenters. The van der Waals surface area contributed by atoms with E-state index in [4.69, 9.17) is 5.11 Å². The summed E-state index contributed by atoms with van der Waals surface area (Å²) in [7, 11) is 1.51. The van der Waals surface area contributed by atoms with Gasteiger partial charge in [0.25, 0.3) is 5.91 Å². The molecule has 68 valence electrons. The maximum Gasteiger partial charge on any atom is 0.251 e. The Morgan fingerprint density at radius 1 is 1.67 bits per heavy atom. The lowest BCUT2D eigenvalue weighted by molar-refractivity contribution is -0.116. The molecule has 1 amide bonds. The van der Waals surface area contributed by atoms with Gasteiger partial charge in [-0.25, -0.2) is 0 Å². The van der Waals surface area contributed by atoms with Gasteiger partial charge in [-0.3, -0.25) is 9.79 Å². The minimum atomic E-state index is -1.16. The summed E-state index contributed by atoms with van der Waals surface area (Å²) in [5, 5.41) is 11.5. The van der Waals surface area contributed by atoms with Crippen LogP contribution in [0, 0.1) is 0 Å². The highest BCUT2D eigenvalue weighted by Crippen LogP contribution is 2.01. The van der Waals surface area contributed by atoms with Crippen LogP contribution in [0.1, 0.15) is 13.8 Å². The summed E-state index contributed by atoms with van der Waals surface area (Å²) in [5.74, 6) is -0.303. The van der Waals surface area contributed by atoms with Crippen LogP contribution in [0.2, 0.25) is 0 Å². The molecular weight excluding hydrogens is 156 g/mol. The van der Waals surface area contributed by atoms with E-state index in [0.717, 1.165) is 0 Å². The third-order valence-corrected chi connectivity index (χ3v) is 1.06. The van der Waals surface area contributed by atoms with E-state index in [1.54, 1.807) is 0 Å². The fourth-order valence-corrected chi connectivity index (χ4v) is 0.455. The number of aliphatic hydroxyl groups is 1. The zero-order chi connectivity index (χ0) is 9.78. The number of hydrogen-bond acceptors (Lipinski definition) is 3. The first-order valence-corrected chi connectivity index (χ1v) is 3.55. The van der Waals surface area contributed by atoms with Crippen molar-refractivity contribution in [2.45, 2.75) is 19.6 Å². The molecule has 4 nitrogen and oxygen atoms in total. The van der Waals surface area contributed by atoms with Gasteiger partial charge in [-0.2, -0.15) is 0 Å². The maximum absolute atomic E-state index is 10.8. The molecule has 0 atom stereocenters. The molecule has 0 aromatic rings. The minimum absolute atomic E-state index is 0.222. The van der Waals surface area contributed by atoms with Gasteiger partial charge in [-0.15, -0.1) is 0 Å². The average molecular weight is 170 g/mol. The van der Waals surface area contributed by atoms with Crippen LogP contribution in [0.3, 0.4) is 0 Å². The normalized spacial score (nSPS) is 11.7. The van der Waals surface area contributed by atoms with Crippen LogP contribution in [0.25, 0.3) is 0 Å². The minimum Gasteiger partial charge on any atom is -0.370 e. The highest BCUT2D eigenvalue weighted by molar-refractivity contribution is 6.11. The SMILES string of the molecule is C=C(/C=N\C(C)(C)O)C(=O)NC. The number of carbonyl (C=O) groups excluding carboxylic acids is 1. The molecule has 0 heterocycles. The Bertz CT molecular complexity index is 214. The van der Waals surface area contributed by atoms with Crippen molar-refractivity contribution in [2.24, 2.45) is 4.99 Å². The van der Waals surface area contributed by atoms with Crippen LogP contribution in [0.5, 0.6) is 0 Å². The number of nitrogens with zero attached hydrogens (tertiary/aromatic N) is 1. The second-order valence-corrected chi connectivity index (χ2v) is 2.86. The van der Waals surface area contributed by atoms with E-state index in [1.807, 2.05) is 0 Å². The smallest absolute Gasteiger partial charge is 0.251 e. The maximum atomic E-state index is 10.8. The summed E-state index contributed by atoms with van der Waals surface area (Å²) in [5.41, 5.74) is -0.934. The fraction of sp³-hybridized carbons (Fsp3) is 0.500. The Hall–Kier alpha value is -1.16. The predicted octanol–water partition coefficient (Wildman–Crippen LogP) is 0.0878. The van der Waals surface area contributed by atoms with Gasteiger partial charge in [0.05, 0.1) is 5.57 Å². The molecule has 0 aliphatic carbocycles. The van der Waals surface area contributed by atoms with Crippen molar-refractivity contribution in [1.29, 1.82) is 0 Å². The van der Waals surface area contributed by atoms with Gasteiger partial charge >= 0.3 is 0 Å². The van der Waals surface area contributed by atoms with Crippen LogP contribution >= 0.6 is 0 Å². The molecule has 0 saturated heterocycles. The first-order chi connectivity index (χ1) is 5.37. The number of carbonyl (C=O) groups is 1. The standard InChI is InChI=1S/C8H14N2O2/c1-6(7(11)9-4)5-10-8(2,3)12/h5,12H,1H2,2-4H3,(H,9,11)/b10-5-. The van der Waals surface area contributed by atoms with Crippen LogP contribution in [0.15, 0.2) is 17.1 Å². The molecule has 0 aliphatic rings.